The molecule has 2 aromatic rings. The molecule has 0 unspecified atom stereocenters. The van der Waals surface area contributed by atoms with Gasteiger partial charge in [0, 0.05) is 17.8 Å². The van der Waals surface area contributed by atoms with E-state index in [2.05, 4.69) is 4.98 Å². The van der Waals surface area contributed by atoms with E-state index in [0.717, 1.165) is 5.69 Å². The van der Waals surface area contributed by atoms with Crippen molar-refractivity contribution in [2.45, 2.75) is 20.1 Å². The summed E-state index contributed by atoms with van der Waals surface area (Å²) in [6, 6.07) is 8.42. The molecule has 2 rings (SSSR count). The molecular weight excluding hydrogens is 267 g/mol. The van der Waals surface area contributed by atoms with Crippen LogP contribution in [-0.2, 0) is 13.2 Å². The summed E-state index contributed by atoms with van der Waals surface area (Å²) in [7, 11) is 0. The molecule has 0 bridgehead atoms. The van der Waals surface area contributed by atoms with Crippen molar-refractivity contribution in [2.75, 3.05) is 0 Å². The van der Waals surface area contributed by atoms with Gasteiger partial charge in [-0.2, -0.15) is 0 Å². The lowest BCUT2D eigenvalue weighted by Gasteiger charge is -2.11. The minimum atomic E-state index is -0.460. The lowest BCUT2D eigenvalue weighted by molar-refractivity contribution is 0.295. The number of hydrogen-bond acceptors (Lipinski definition) is 3. The third kappa shape index (κ3) is 3.22. The summed E-state index contributed by atoms with van der Waals surface area (Å²) in [5, 5.41) is 0.0854. The van der Waals surface area contributed by atoms with Crippen LogP contribution in [0.5, 0.6) is 5.75 Å². The Bertz CT molecular complexity index is 590. The maximum atomic E-state index is 13.7. The highest BCUT2D eigenvalue weighted by Gasteiger charge is 2.09. The number of aromatic nitrogens is 1. The van der Waals surface area contributed by atoms with Crippen molar-refractivity contribution in [3.63, 3.8) is 0 Å². The van der Waals surface area contributed by atoms with Crippen LogP contribution in [0.2, 0.25) is 5.02 Å². The molecule has 3 nitrogen and oxygen atoms in total. The van der Waals surface area contributed by atoms with Crippen molar-refractivity contribution in [3.8, 4) is 5.75 Å². The molecule has 0 radical (unpaired) electrons. The van der Waals surface area contributed by atoms with Gasteiger partial charge in [0.2, 0.25) is 0 Å². The minimum absolute atomic E-state index is 0.0854. The minimum Gasteiger partial charge on any atom is -0.487 e. The van der Waals surface area contributed by atoms with E-state index in [-0.39, 0.29) is 18.2 Å². The maximum absolute atomic E-state index is 13.7. The van der Waals surface area contributed by atoms with Crippen molar-refractivity contribution < 1.29 is 9.13 Å². The van der Waals surface area contributed by atoms with Crippen LogP contribution in [0.25, 0.3) is 0 Å². The number of hydrogen-bond donors (Lipinski definition) is 1. The SMILES string of the molecule is Cc1ccc(OCc2cccc(Cl)c2F)c(CN)n1. The standard InChI is InChI=1S/C14H14ClFN2O/c1-9-5-6-13(12(7-17)18-9)19-8-10-3-2-4-11(15)14(10)16/h2-6H,7-8,17H2,1H3. The zero-order chi connectivity index (χ0) is 13.8. The maximum Gasteiger partial charge on any atom is 0.148 e. The largest absolute Gasteiger partial charge is 0.487 e. The summed E-state index contributed by atoms with van der Waals surface area (Å²) in [5.41, 5.74) is 7.52. The molecule has 2 N–H and O–H groups in total. The summed E-state index contributed by atoms with van der Waals surface area (Å²) in [6.07, 6.45) is 0. The summed E-state index contributed by atoms with van der Waals surface area (Å²) in [5.74, 6) is 0.103. The number of nitrogens with zero attached hydrogens (tertiary/aromatic N) is 1. The number of aryl methyl sites for hydroxylation is 1. The summed E-state index contributed by atoms with van der Waals surface area (Å²) < 4.78 is 19.3. The van der Waals surface area contributed by atoms with E-state index < -0.39 is 5.82 Å². The average Bonchev–Trinajstić information content (AvgIpc) is 2.41. The van der Waals surface area contributed by atoms with Crippen LogP contribution in [0.4, 0.5) is 4.39 Å². The van der Waals surface area contributed by atoms with E-state index in [1.165, 1.54) is 6.07 Å². The van der Waals surface area contributed by atoms with Crippen molar-refractivity contribution in [2.24, 2.45) is 5.73 Å². The fourth-order valence-electron chi connectivity index (χ4n) is 1.69. The third-order valence-electron chi connectivity index (χ3n) is 2.68. The van der Waals surface area contributed by atoms with Crippen LogP contribution in [-0.4, -0.2) is 4.98 Å². The lowest BCUT2D eigenvalue weighted by Crippen LogP contribution is -2.06. The van der Waals surface area contributed by atoms with Crippen molar-refractivity contribution in [1.29, 1.82) is 0 Å². The Morgan fingerprint density at radius 1 is 1.32 bits per heavy atom. The molecule has 0 aliphatic rings. The zero-order valence-electron chi connectivity index (χ0n) is 10.5. The molecule has 1 aromatic carbocycles. The summed E-state index contributed by atoms with van der Waals surface area (Å²) >= 11 is 5.71. The Kier molecular flexibility index (Phi) is 4.35. The fraction of sp³-hybridized carbons (Fsp3) is 0.214. The Hall–Kier alpha value is -1.65. The average molecular weight is 281 g/mol. The highest BCUT2D eigenvalue weighted by atomic mass is 35.5. The molecule has 0 spiro atoms. The second kappa shape index (κ2) is 5.99. The van der Waals surface area contributed by atoms with Gasteiger partial charge in [-0.3, -0.25) is 4.98 Å². The number of pyridine rings is 1. The molecule has 0 aliphatic heterocycles. The van der Waals surface area contributed by atoms with E-state index in [1.54, 1.807) is 18.2 Å². The van der Waals surface area contributed by atoms with E-state index in [9.17, 15) is 4.39 Å². The van der Waals surface area contributed by atoms with Crippen LogP contribution < -0.4 is 10.5 Å². The topological polar surface area (TPSA) is 48.1 Å². The summed E-state index contributed by atoms with van der Waals surface area (Å²) in [4.78, 5) is 4.27. The van der Waals surface area contributed by atoms with Crippen molar-refractivity contribution >= 4 is 11.6 Å². The van der Waals surface area contributed by atoms with Gasteiger partial charge >= 0.3 is 0 Å². The van der Waals surface area contributed by atoms with Gasteiger partial charge in [0.15, 0.2) is 0 Å². The fourth-order valence-corrected chi connectivity index (χ4v) is 1.88. The van der Waals surface area contributed by atoms with Crippen LogP contribution >= 0.6 is 11.6 Å². The van der Waals surface area contributed by atoms with Gasteiger partial charge in [-0.15, -0.1) is 0 Å². The Morgan fingerprint density at radius 3 is 2.84 bits per heavy atom. The number of rotatable bonds is 4. The third-order valence-corrected chi connectivity index (χ3v) is 2.97. The van der Waals surface area contributed by atoms with Gasteiger partial charge in [-0.05, 0) is 25.1 Å². The Labute approximate surface area is 116 Å². The first-order chi connectivity index (χ1) is 9.11. The van der Waals surface area contributed by atoms with E-state index in [1.807, 2.05) is 13.0 Å². The highest BCUT2D eigenvalue weighted by molar-refractivity contribution is 6.30. The Balaban J connectivity index is 2.17. The number of benzene rings is 1. The smallest absolute Gasteiger partial charge is 0.148 e. The quantitative estimate of drug-likeness (QED) is 0.935. The van der Waals surface area contributed by atoms with E-state index in [0.29, 0.717) is 17.0 Å². The molecule has 0 atom stereocenters. The molecule has 0 amide bonds. The van der Waals surface area contributed by atoms with Crippen molar-refractivity contribution in [1.82, 2.24) is 4.98 Å². The lowest BCUT2D eigenvalue weighted by atomic mass is 10.2. The predicted molar refractivity (Wildman–Crippen MR) is 72.6 cm³/mol. The van der Waals surface area contributed by atoms with Gasteiger partial charge < -0.3 is 10.5 Å². The first-order valence-electron chi connectivity index (χ1n) is 5.84. The second-order valence-corrected chi connectivity index (χ2v) is 4.51. The molecule has 0 saturated carbocycles. The molecule has 19 heavy (non-hydrogen) atoms. The number of halogens is 2. The first kappa shape index (κ1) is 13.8. The first-order valence-corrected chi connectivity index (χ1v) is 6.22. The molecule has 1 aromatic heterocycles. The number of ether oxygens (including phenoxy) is 1. The van der Waals surface area contributed by atoms with Gasteiger partial charge in [0.25, 0.3) is 0 Å². The molecule has 0 fully saturated rings. The van der Waals surface area contributed by atoms with Gasteiger partial charge in [-0.1, -0.05) is 23.7 Å². The van der Waals surface area contributed by atoms with E-state index >= 15 is 0 Å². The van der Waals surface area contributed by atoms with Crippen molar-refractivity contribution in [3.05, 3.63) is 58.1 Å². The monoisotopic (exact) mass is 280 g/mol. The zero-order valence-corrected chi connectivity index (χ0v) is 11.2. The van der Waals surface area contributed by atoms with Gasteiger partial charge in [0.1, 0.15) is 18.2 Å². The highest BCUT2D eigenvalue weighted by Crippen LogP contribution is 2.21. The van der Waals surface area contributed by atoms with Gasteiger partial charge in [0.05, 0.1) is 10.7 Å². The molecule has 100 valence electrons. The molecular formula is C14H14ClFN2O. The van der Waals surface area contributed by atoms with Gasteiger partial charge in [-0.25, -0.2) is 4.39 Å². The molecule has 0 aliphatic carbocycles. The molecule has 0 saturated heterocycles. The summed E-state index contributed by atoms with van der Waals surface area (Å²) in [6.45, 7) is 2.23. The molecule has 1 heterocycles. The Morgan fingerprint density at radius 2 is 2.11 bits per heavy atom. The number of nitrogens with two attached hydrogens (primary N) is 1. The second-order valence-electron chi connectivity index (χ2n) is 4.10. The van der Waals surface area contributed by atoms with Crippen LogP contribution in [0.3, 0.4) is 0 Å². The normalized spacial score (nSPS) is 10.5. The van der Waals surface area contributed by atoms with Crippen LogP contribution in [0.1, 0.15) is 17.0 Å². The van der Waals surface area contributed by atoms with E-state index in [4.69, 9.17) is 22.1 Å². The van der Waals surface area contributed by atoms with Crippen LogP contribution in [0.15, 0.2) is 30.3 Å². The van der Waals surface area contributed by atoms with Crippen LogP contribution in [0, 0.1) is 12.7 Å². The predicted octanol–water partition coefficient (Wildman–Crippen LogP) is 3.22. The molecule has 5 heteroatoms.